The summed E-state index contributed by atoms with van der Waals surface area (Å²) in [6, 6.07) is 8.83. The molecular weight excluding hydrogens is 294 g/mol. The summed E-state index contributed by atoms with van der Waals surface area (Å²) in [4.78, 5) is 0. The van der Waals surface area contributed by atoms with Gasteiger partial charge in [-0.05, 0) is 43.4 Å². The molecule has 22 heavy (non-hydrogen) atoms. The monoisotopic (exact) mass is 327 g/mol. The van der Waals surface area contributed by atoms with Crippen molar-refractivity contribution in [1.29, 1.82) is 0 Å². The minimum Gasteiger partial charge on any atom is -0.494 e. The van der Waals surface area contributed by atoms with E-state index in [2.05, 4.69) is 38.1 Å². The van der Waals surface area contributed by atoms with Crippen LogP contribution in [-0.4, -0.2) is 12.6 Å². The average Bonchev–Trinajstić information content (AvgIpc) is 2.52. The molecule has 1 aromatic carbocycles. The van der Waals surface area contributed by atoms with E-state index in [9.17, 15) is 0 Å². The number of aryl methyl sites for hydroxylation is 1. The molecular formula is C19H34ClNO. The summed E-state index contributed by atoms with van der Waals surface area (Å²) in [5, 5.41) is 0. The zero-order valence-electron chi connectivity index (χ0n) is 14.4. The third-order valence-corrected chi connectivity index (χ3v) is 4.02. The van der Waals surface area contributed by atoms with Crippen LogP contribution in [-0.2, 0) is 6.42 Å². The van der Waals surface area contributed by atoms with Gasteiger partial charge >= 0.3 is 0 Å². The number of unbranched alkanes of at least 4 members (excludes halogenated alkanes) is 5. The van der Waals surface area contributed by atoms with E-state index in [0.717, 1.165) is 38.0 Å². The number of hydrogen-bond donors (Lipinski definition) is 1. The van der Waals surface area contributed by atoms with Gasteiger partial charge in [-0.15, -0.1) is 12.4 Å². The van der Waals surface area contributed by atoms with E-state index in [1.54, 1.807) is 0 Å². The molecule has 2 N–H and O–H groups in total. The van der Waals surface area contributed by atoms with Crippen molar-refractivity contribution < 1.29 is 4.74 Å². The van der Waals surface area contributed by atoms with Crippen LogP contribution in [0.3, 0.4) is 0 Å². The SMILES string of the molecule is CCCCCCCCOc1ccc(CCC(N)CC)cc1.Cl. The normalized spacial score (nSPS) is 11.8. The molecule has 2 nitrogen and oxygen atoms in total. The van der Waals surface area contributed by atoms with Crippen molar-refractivity contribution in [3.63, 3.8) is 0 Å². The molecule has 0 aromatic heterocycles. The Morgan fingerprint density at radius 3 is 2.23 bits per heavy atom. The van der Waals surface area contributed by atoms with E-state index in [0.29, 0.717) is 6.04 Å². The topological polar surface area (TPSA) is 35.2 Å². The van der Waals surface area contributed by atoms with Crippen molar-refractivity contribution in [3.8, 4) is 5.75 Å². The molecule has 0 saturated heterocycles. The van der Waals surface area contributed by atoms with Crippen LogP contribution in [0.1, 0.15) is 70.8 Å². The molecule has 0 fully saturated rings. The van der Waals surface area contributed by atoms with Crippen LogP contribution in [0.15, 0.2) is 24.3 Å². The van der Waals surface area contributed by atoms with E-state index in [1.165, 1.54) is 37.7 Å². The van der Waals surface area contributed by atoms with Gasteiger partial charge in [0.05, 0.1) is 6.61 Å². The van der Waals surface area contributed by atoms with E-state index in [4.69, 9.17) is 10.5 Å². The van der Waals surface area contributed by atoms with Crippen LogP contribution >= 0.6 is 12.4 Å². The Kier molecular flexibility index (Phi) is 13.4. The minimum atomic E-state index is 0. The fraction of sp³-hybridized carbons (Fsp3) is 0.684. The Morgan fingerprint density at radius 2 is 1.59 bits per heavy atom. The van der Waals surface area contributed by atoms with Crippen LogP contribution in [0.2, 0.25) is 0 Å². The highest BCUT2D eigenvalue weighted by atomic mass is 35.5. The first-order valence-electron chi connectivity index (χ1n) is 8.73. The van der Waals surface area contributed by atoms with Crippen molar-refractivity contribution in [2.24, 2.45) is 5.73 Å². The molecule has 0 heterocycles. The molecule has 128 valence electrons. The molecule has 0 bridgehead atoms. The predicted octanol–water partition coefficient (Wildman–Crippen LogP) is 5.52. The molecule has 1 atom stereocenters. The summed E-state index contributed by atoms with van der Waals surface area (Å²) in [5.74, 6) is 0.993. The van der Waals surface area contributed by atoms with Gasteiger partial charge in [-0.3, -0.25) is 0 Å². The fourth-order valence-electron chi connectivity index (χ4n) is 2.38. The molecule has 0 aliphatic rings. The summed E-state index contributed by atoms with van der Waals surface area (Å²) in [5.41, 5.74) is 7.30. The molecule has 0 spiro atoms. The quantitative estimate of drug-likeness (QED) is 0.513. The molecule has 1 unspecified atom stereocenters. The van der Waals surface area contributed by atoms with Gasteiger partial charge in [0.15, 0.2) is 0 Å². The Morgan fingerprint density at radius 1 is 0.955 bits per heavy atom. The van der Waals surface area contributed by atoms with Gasteiger partial charge in [0.2, 0.25) is 0 Å². The highest BCUT2D eigenvalue weighted by Gasteiger charge is 2.01. The van der Waals surface area contributed by atoms with Gasteiger partial charge in [0, 0.05) is 6.04 Å². The number of rotatable bonds is 12. The van der Waals surface area contributed by atoms with Gasteiger partial charge in [0.1, 0.15) is 5.75 Å². The largest absolute Gasteiger partial charge is 0.494 e. The zero-order valence-corrected chi connectivity index (χ0v) is 15.2. The molecule has 0 saturated carbocycles. The van der Waals surface area contributed by atoms with Crippen molar-refractivity contribution in [2.75, 3.05) is 6.61 Å². The first kappa shape index (κ1) is 21.3. The van der Waals surface area contributed by atoms with Crippen molar-refractivity contribution in [2.45, 2.75) is 77.7 Å². The standard InChI is InChI=1S/C19H33NO.ClH/c1-3-5-6-7-8-9-16-21-19-14-11-17(12-15-19)10-13-18(20)4-2;/h11-12,14-15,18H,3-10,13,16,20H2,1-2H3;1H. The third-order valence-electron chi connectivity index (χ3n) is 4.02. The zero-order chi connectivity index (χ0) is 15.3. The maximum atomic E-state index is 5.95. The van der Waals surface area contributed by atoms with Gasteiger partial charge in [-0.25, -0.2) is 0 Å². The second-order valence-electron chi connectivity index (χ2n) is 5.97. The first-order valence-corrected chi connectivity index (χ1v) is 8.73. The maximum Gasteiger partial charge on any atom is 0.119 e. The predicted molar refractivity (Wildman–Crippen MR) is 99.1 cm³/mol. The number of halogens is 1. The Labute approximate surface area is 143 Å². The lowest BCUT2D eigenvalue weighted by Crippen LogP contribution is -2.19. The van der Waals surface area contributed by atoms with Crippen LogP contribution in [0.4, 0.5) is 0 Å². The molecule has 0 radical (unpaired) electrons. The molecule has 3 heteroatoms. The Hall–Kier alpha value is -0.730. The second kappa shape index (κ2) is 13.9. The fourth-order valence-corrected chi connectivity index (χ4v) is 2.38. The third kappa shape index (κ3) is 10.1. The summed E-state index contributed by atoms with van der Waals surface area (Å²) in [7, 11) is 0. The Balaban J connectivity index is 0.00000441. The second-order valence-corrected chi connectivity index (χ2v) is 5.97. The average molecular weight is 328 g/mol. The summed E-state index contributed by atoms with van der Waals surface area (Å²) < 4.78 is 5.79. The van der Waals surface area contributed by atoms with Gasteiger partial charge < -0.3 is 10.5 Å². The summed E-state index contributed by atoms with van der Waals surface area (Å²) in [6.07, 6.45) is 11.0. The van der Waals surface area contributed by atoms with Crippen LogP contribution in [0.5, 0.6) is 5.75 Å². The van der Waals surface area contributed by atoms with Gasteiger partial charge in [-0.1, -0.05) is 58.1 Å². The highest BCUT2D eigenvalue weighted by Crippen LogP contribution is 2.15. The lowest BCUT2D eigenvalue weighted by atomic mass is 10.0. The number of benzene rings is 1. The molecule has 0 aliphatic heterocycles. The molecule has 0 amide bonds. The molecule has 1 aromatic rings. The van der Waals surface area contributed by atoms with Crippen LogP contribution in [0, 0.1) is 0 Å². The number of hydrogen-bond acceptors (Lipinski definition) is 2. The van der Waals surface area contributed by atoms with E-state index >= 15 is 0 Å². The lowest BCUT2D eigenvalue weighted by Gasteiger charge is -2.09. The van der Waals surface area contributed by atoms with Gasteiger partial charge in [-0.2, -0.15) is 0 Å². The van der Waals surface area contributed by atoms with Gasteiger partial charge in [0.25, 0.3) is 0 Å². The van der Waals surface area contributed by atoms with Crippen molar-refractivity contribution >= 4 is 12.4 Å². The van der Waals surface area contributed by atoms with Crippen LogP contribution in [0.25, 0.3) is 0 Å². The number of nitrogens with two attached hydrogens (primary N) is 1. The smallest absolute Gasteiger partial charge is 0.119 e. The van der Waals surface area contributed by atoms with Crippen molar-refractivity contribution in [1.82, 2.24) is 0 Å². The van der Waals surface area contributed by atoms with Crippen LogP contribution < -0.4 is 10.5 Å². The van der Waals surface area contributed by atoms with E-state index in [1.807, 2.05) is 0 Å². The first-order chi connectivity index (χ1) is 10.3. The van der Waals surface area contributed by atoms with E-state index in [-0.39, 0.29) is 12.4 Å². The molecule has 0 aliphatic carbocycles. The highest BCUT2D eigenvalue weighted by molar-refractivity contribution is 5.85. The summed E-state index contributed by atoms with van der Waals surface area (Å²) in [6.45, 7) is 5.23. The Bertz CT molecular complexity index is 353. The van der Waals surface area contributed by atoms with E-state index < -0.39 is 0 Å². The maximum absolute atomic E-state index is 5.95. The summed E-state index contributed by atoms with van der Waals surface area (Å²) >= 11 is 0. The number of ether oxygens (including phenoxy) is 1. The molecule has 1 rings (SSSR count). The van der Waals surface area contributed by atoms with Crippen molar-refractivity contribution in [3.05, 3.63) is 29.8 Å². The lowest BCUT2D eigenvalue weighted by molar-refractivity contribution is 0.304. The minimum absolute atomic E-state index is 0.